The Morgan fingerprint density at radius 2 is 2.07 bits per heavy atom. The molecule has 2 aliphatic heterocycles. The number of ketones is 1. The lowest BCUT2D eigenvalue weighted by Crippen LogP contribution is -2.63. The van der Waals surface area contributed by atoms with Crippen LogP contribution >= 0.6 is 11.6 Å². The van der Waals surface area contributed by atoms with Crippen molar-refractivity contribution in [2.24, 2.45) is 4.99 Å². The van der Waals surface area contributed by atoms with Crippen molar-refractivity contribution in [2.75, 3.05) is 20.7 Å². The second-order valence-corrected chi connectivity index (χ2v) is 7.41. The number of hydrogen-bond donors (Lipinski definition) is 0. The van der Waals surface area contributed by atoms with Crippen LogP contribution in [0.25, 0.3) is 5.69 Å². The van der Waals surface area contributed by atoms with Crippen molar-refractivity contribution in [1.82, 2.24) is 14.4 Å². The van der Waals surface area contributed by atoms with Gasteiger partial charge in [-0.05, 0) is 26.0 Å². The Kier molecular flexibility index (Phi) is 4.42. The second kappa shape index (κ2) is 6.70. The van der Waals surface area contributed by atoms with E-state index < -0.39 is 18.0 Å². The van der Waals surface area contributed by atoms with E-state index in [0.29, 0.717) is 28.2 Å². The molecule has 3 amide bonds. The maximum atomic E-state index is 13.1. The third-order valence-corrected chi connectivity index (χ3v) is 5.21. The van der Waals surface area contributed by atoms with Crippen LogP contribution in [0.4, 0.5) is 10.7 Å². The predicted molar refractivity (Wildman–Crippen MR) is 104 cm³/mol. The van der Waals surface area contributed by atoms with Crippen LogP contribution in [-0.4, -0.2) is 58.6 Å². The molecule has 2 aromatic rings. The van der Waals surface area contributed by atoms with Gasteiger partial charge in [-0.3, -0.25) is 19.4 Å². The Balaban J connectivity index is 1.88. The van der Waals surface area contributed by atoms with Gasteiger partial charge in [0.25, 0.3) is 5.91 Å². The molecule has 0 radical (unpaired) electrons. The average molecular weight is 417 g/mol. The number of aryl methyl sites for hydroxylation is 1. The van der Waals surface area contributed by atoms with Crippen molar-refractivity contribution in [3.05, 3.63) is 35.1 Å². The van der Waals surface area contributed by atoms with Gasteiger partial charge in [-0.2, -0.15) is 4.57 Å². The Bertz CT molecular complexity index is 1110. The summed E-state index contributed by atoms with van der Waals surface area (Å²) in [5.74, 6) is 0.591. The number of amides is 3. The van der Waals surface area contributed by atoms with E-state index in [0.717, 1.165) is 10.6 Å². The van der Waals surface area contributed by atoms with Crippen molar-refractivity contribution in [2.45, 2.75) is 19.9 Å². The second-order valence-electron chi connectivity index (χ2n) is 6.97. The summed E-state index contributed by atoms with van der Waals surface area (Å²) in [6.45, 7) is 2.93. The number of hydrogen-bond acceptors (Lipinski definition) is 5. The Hall–Kier alpha value is -3.20. The van der Waals surface area contributed by atoms with E-state index in [9.17, 15) is 14.4 Å². The van der Waals surface area contributed by atoms with Crippen LogP contribution in [-0.2, 0) is 9.59 Å². The van der Waals surface area contributed by atoms with Gasteiger partial charge in [0.2, 0.25) is 11.9 Å². The van der Waals surface area contributed by atoms with Crippen LogP contribution in [0.2, 0.25) is 5.02 Å². The number of rotatable bonds is 4. The van der Waals surface area contributed by atoms with E-state index >= 15 is 0 Å². The first kappa shape index (κ1) is 19.1. The smallest absolute Gasteiger partial charge is 0.407 e. The number of fused-ring (bicyclic) bond motifs is 3. The normalized spacial score (nSPS) is 18.0. The van der Waals surface area contributed by atoms with Gasteiger partial charge in [0.15, 0.2) is 11.4 Å². The Labute approximate surface area is 171 Å². The quantitative estimate of drug-likeness (QED) is 0.711. The summed E-state index contributed by atoms with van der Waals surface area (Å²) in [7, 11) is 3.09. The summed E-state index contributed by atoms with van der Waals surface area (Å²) in [5, 5.41) is 0.520. The molecule has 0 saturated carbocycles. The molecule has 9 nitrogen and oxygen atoms in total. The number of carbonyl (C=O) groups excluding carboxylic acids is 3. The lowest BCUT2D eigenvalue weighted by Gasteiger charge is -2.32. The summed E-state index contributed by atoms with van der Waals surface area (Å²) in [6.07, 6.45) is 1.78. The van der Waals surface area contributed by atoms with Gasteiger partial charge in [0.1, 0.15) is 17.7 Å². The highest BCUT2D eigenvalue weighted by Crippen LogP contribution is 2.35. The molecule has 1 unspecified atom stereocenters. The number of methoxy groups -OCH3 is 1. The van der Waals surface area contributed by atoms with Gasteiger partial charge < -0.3 is 4.74 Å². The van der Waals surface area contributed by atoms with Crippen molar-refractivity contribution in [3.63, 3.8) is 0 Å². The first-order valence-electron chi connectivity index (χ1n) is 8.89. The lowest BCUT2D eigenvalue weighted by molar-refractivity contribution is -0.676. The largest absolute Gasteiger partial charge is 0.493 e. The number of nitrogens with zero attached hydrogens (tertiary/aromatic N) is 5. The molecule has 29 heavy (non-hydrogen) atoms. The third-order valence-electron chi connectivity index (χ3n) is 4.97. The fourth-order valence-corrected chi connectivity index (χ4v) is 3.85. The molecule has 1 aromatic heterocycles. The molecule has 1 fully saturated rings. The molecule has 0 N–H and O–H groups in total. The number of Topliss-reactive ketones (excluding diaryl/α,β-unsaturated/α-hetero) is 1. The van der Waals surface area contributed by atoms with E-state index in [1.54, 1.807) is 36.1 Å². The standard InChI is InChI=1S/C19H19ClN5O4/c1-10-8-23-15-16(22(3)19(28)24(17(15)27)9-11(2)26)21-18(23)25(10)13-7-12(20)5-6-14(13)29-4/h5-8,15H,9H2,1-4H3/q+1. The van der Waals surface area contributed by atoms with Gasteiger partial charge in [0, 0.05) is 18.1 Å². The minimum absolute atomic E-state index is 0.274. The van der Waals surface area contributed by atoms with Crippen molar-refractivity contribution in [1.29, 1.82) is 0 Å². The lowest BCUT2D eigenvalue weighted by atomic mass is 10.1. The summed E-state index contributed by atoms with van der Waals surface area (Å²) in [5.41, 5.74) is 1.46. The number of urea groups is 1. The van der Waals surface area contributed by atoms with Crippen molar-refractivity contribution >= 4 is 41.1 Å². The molecule has 2 aliphatic rings. The van der Waals surface area contributed by atoms with Crippen LogP contribution in [0.15, 0.2) is 29.4 Å². The van der Waals surface area contributed by atoms with Crippen molar-refractivity contribution in [3.8, 4) is 11.4 Å². The molecule has 1 atom stereocenters. The van der Waals surface area contributed by atoms with Crippen LogP contribution in [0.5, 0.6) is 5.75 Å². The maximum Gasteiger partial charge on any atom is 0.407 e. The average Bonchev–Trinajstić information content (AvgIpc) is 3.17. The topological polar surface area (TPSA) is 88.1 Å². The van der Waals surface area contributed by atoms with E-state index in [4.69, 9.17) is 16.3 Å². The maximum absolute atomic E-state index is 13.1. The zero-order valence-electron chi connectivity index (χ0n) is 16.3. The minimum atomic E-state index is -0.822. The molecule has 10 heteroatoms. The molecule has 4 rings (SSSR count). The SMILES string of the molecule is COc1ccc(Cl)cc1-n1c(C)c[n+]2c1N=C1C2C(=O)N(CC(C)=O)C(=O)N1C. The molecule has 150 valence electrons. The predicted octanol–water partition coefficient (Wildman–Crippen LogP) is 1.80. The molecule has 1 aromatic carbocycles. The van der Waals surface area contributed by atoms with E-state index in [-0.39, 0.29) is 12.3 Å². The zero-order chi connectivity index (χ0) is 21.0. The van der Waals surface area contributed by atoms with Gasteiger partial charge in [-0.25, -0.2) is 9.36 Å². The number of ether oxygens (including phenoxy) is 1. The number of aliphatic imine (C=N–C) groups is 1. The van der Waals surface area contributed by atoms with Crippen molar-refractivity contribution < 1.29 is 23.7 Å². The molecule has 0 bridgehead atoms. The van der Waals surface area contributed by atoms with Gasteiger partial charge in [-0.15, -0.1) is 0 Å². The number of amidine groups is 1. The van der Waals surface area contributed by atoms with Gasteiger partial charge in [0.05, 0.1) is 13.7 Å². The minimum Gasteiger partial charge on any atom is -0.493 e. The molecule has 1 saturated heterocycles. The third kappa shape index (κ3) is 2.80. The number of aromatic nitrogens is 2. The summed E-state index contributed by atoms with van der Waals surface area (Å²) >= 11 is 6.19. The van der Waals surface area contributed by atoms with Gasteiger partial charge >= 0.3 is 12.0 Å². The highest BCUT2D eigenvalue weighted by Gasteiger charge is 2.53. The van der Waals surface area contributed by atoms with Crippen LogP contribution in [0.1, 0.15) is 18.7 Å². The molecular formula is C19H19ClN5O4+. The number of imidazole rings is 1. The number of halogens is 1. The Morgan fingerprint density at radius 1 is 1.34 bits per heavy atom. The number of likely N-dealkylation sites (N-methyl/N-ethyl adjacent to an activating group) is 1. The monoisotopic (exact) mass is 416 g/mol. The van der Waals surface area contributed by atoms with E-state index in [1.807, 2.05) is 11.5 Å². The molecular weight excluding hydrogens is 398 g/mol. The van der Waals surface area contributed by atoms with E-state index in [2.05, 4.69) is 4.99 Å². The summed E-state index contributed by atoms with van der Waals surface area (Å²) < 4.78 is 8.98. The summed E-state index contributed by atoms with van der Waals surface area (Å²) in [6, 6.07) is 3.82. The fourth-order valence-electron chi connectivity index (χ4n) is 3.69. The van der Waals surface area contributed by atoms with Gasteiger partial charge in [-0.1, -0.05) is 16.6 Å². The number of imide groups is 1. The fraction of sp³-hybridized carbons (Fsp3) is 0.316. The first-order chi connectivity index (χ1) is 13.7. The number of carbonyl (C=O) groups is 3. The van der Waals surface area contributed by atoms with Crippen LogP contribution in [0, 0.1) is 6.92 Å². The molecule has 0 aliphatic carbocycles. The van der Waals surface area contributed by atoms with Crippen LogP contribution < -0.4 is 9.30 Å². The highest BCUT2D eigenvalue weighted by atomic mass is 35.5. The highest BCUT2D eigenvalue weighted by molar-refractivity contribution is 6.30. The Morgan fingerprint density at radius 3 is 2.72 bits per heavy atom. The molecule has 0 spiro atoms. The van der Waals surface area contributed by atoms with Crippen LogP contribution in [0.3, 0.4) is 0 Å². The first-order valence-corrected chi connectivity index (χ1v) is 9.27. The van der Waals surface area contributed by atoms with E-state index in [1.165, 1.54) is 18.9 Å². The zero-order valence-corrected chi connectivity index (χ0v) is 17.1. The molecule has 3 heterocycles. The summed E-state index contributed by atoms with van der Waals surface area (Å²) in [4.78, 5) is 44.1. The number of benzene rings is 1.